The number of benzene rings is 2. The maximum absolute atomic E-state index is 13.6. The summed E-state index contributed by atoms with van der Waals surface area (Å²) in [6.07, 6.45) is 3.20. The molecule has 0 spiro atoms. The second kappa shape index (κ2) is 5.25. The van der Waals surface area contributed by atoms with Crippen molar-refractivity contribution < 1.29 is 9.18 Å². The van der Waals surface area contributed by atoms with E-state index in [1.54, 1.807) is 6.07 Å². The molecular formula is C16H13ClFNO. The van der Waals surface area contributed by atoms with Crippen LogP contribution >= 0.6 is 11.6 Å². The van der Waals surface area contributed by atoms with Crippen LogP contribution in [-0.4, -0.2) is 5.91 Å². The largest absolute Gasteiger partial charge is 0.319 e. The smallest absolute Gasteiger partial charge is 0.255 e. The molecule has 1 aliphatic rings. The van der Waals surface area contributed by atoms with Gasteiger partial charge in [-0.25, -0.2) is 4.39 Å². The Labute approximate surface area is 121 Å². The number of amides is 1. The quantitative estimate of drug-likeness (QED) is 0.881. The Morgan fingerprint density at radius 1 is 1.10 bits per heavy atom. The van der Waals surface area contributed by atoms with Crippen LogP contribution in [0.5, 0.6) is 0 Å². The first kappa shape index (κ1) is 13.1. The van der Waals surface area contributed by atoms with E-state index in [9.17, 15) is 9.18 Å². The Morgan fingerprint density at radius 2 is 1.90 bits per heavy atom. The molecule has 0 saturated heterocycles. The van der Waals surface area contributed by atoms with Gasteiger partial charge in [0.05, 0.1) is 5.69 Å². The second-order valence-electron chi connectivity index (χ2n) is 4.92. The first-order valence-corrected chi connectivity index (χ1v) is 6.89. The molecule has 1 aliphatic carbocycles. The molecule has 2 aromatic rings. The van der Waals surface area contributed by atoms with Gasteiger partial charge in [0.25, 0.3) is 5.91 Å². The topological polar surface area (TPSA) is 29.1 Å². The molecule has 1 amide bonds. The Kier molecular flexibility index (Phi) is 3.45. The van der Waals surface area contributed by atoms with E-state index in [0.29, 0.717) is 10.6 Å². The van der Waals surface area contributed by atoms with Crippen LogP contribution in [0.4, 0.5) is 10.1 Å². The van der Waals surface area contributed by atoms with Gasteiger partial charge in [0, 0.05) is 10.6 Å². The number of fused-ring (bicyclic) bond motifs is 1. The molecule has 0 heterocycles. The number of nitrogens with one attached hydrogen (secondary N) is 1. The Morgan fingerprint density at radius 3 is 2.75 bits per heavy atom. The van der Waals surface area contributed by atoms with E-state index in [-0.39, 0.29) is 11.6 Å². The van der Waals surface area contributed by atoms with E-state index in [4.69, 9.17) is 11.6 Å². The summed E-state index contributed by atoms with van der Waals surface area (Å²) in [4.78, 5) is 12.2. The van der Waals surface area contributed by atoms with Crippen LogP contribution in [0.25, 0.3) is 0 Å². The number of anilines is 1. The highest BCUT2D eigenvalue weighted by molar-refractivity contribution is 6.31. The van der Waals surface area contributed by atoms with Gasteiger partial charge in [-0.05, 0) is 60.7 Å². The standard InChI is InChI=1S/C16H13ClFNO/c17-13-6-7-14(18)15(9-13)19-16(20)12-5-4-10-2-1-3-11(10)8-12/h4-9H,1-3H2,(H,19,20). The summed E-state index contributed by atoms with van der Waals surface area (Å²) in [7, 11) is 0. The monoisotopic (exact) mass is 289 g/mol. The zero-order valence-electron chi connectivity index (χ0n) is 10.7. The van der Waals surface area contributed by atoms with Gasteiger partial charge in [0.15, 0.2) is 0 Å². The number of halogens is 2. The third-order valence-corrected chi connectivity index (χ3v) is 3.77. The number of carbonyl (C=O) groups excluding carboxylic acids is 1. The average Bonchev–Trinajstić information content (AvgIpc) is 2.90. The molecule has 4 heteroatoms. The van der Waals surface area contributed by atoms with Crippen LogP contribution in [0.3, 0.4) is 0 Å². The summed E-state index contributed by atoms with van der Waals surface area (Å²) in [6, 6.07) is 9.73. The van der Waals surface area contributed by atoms with Gasteiger partial charge in [-0.15, -0.1) is 0 Å². The van der Waals surface area contributed by atoms with Crippen LogP contribution in [0, 0.1) is 5.82 Å². The van der Waals surface area contributed by atoms with Crippen LogP contribution < -0.4 is 5.32 Å². The molecule has 0 atom stereocenters. The summed E-state index contributed by atoms with van der Waals surface area (Å²) in [6.45, 7) is 0. The molecule has 2 aromatic carbocycles. The summed E-state index contributed by atoms with van der Waals surface area (Å²) in [5.41, 5.74) is 3.16. The van der Waals surface area contributed by atoms with E-state index < -0.39 is 5.82 Å². The number of hydrogen-bond donors (Lipinski definition) is 1. The molecule has 20 heavy (non-hydrogen) atoms. The lowest BCUT2D eigenvalue weighted by Gasteiger charge is -2.08. The lowest BCUT2D eigenvalue weighted by Crippen LogP contribution is -2.13. The van der Waals surface area contributed by atoms with Crippen molar-refractivity contribution in [3.8, 4) is 0 Å². The number of aryl methyl sites for hydroxylation is 2. The zero-order chi connectivity index (χ0) is 14.1. The Hall–Kier alpha value is -1.87. The van der Waals surface area contributed by atoms with Gasteiger partial charge in [-0.2, -0.15) is 0 Å². The highest BCUT2D eigenvalue weighted by Crippen LogP contribution is 2.24. The zero-order valence-corrected chi connectivity index (χ0v) is 11.5. The SMILES string of the molecule is O=C(Nc1cc(Cl)ccc1F)c1ccc2c(c1)CCC2. The van der Waals surface area contributed by atoms with Crippen molar-refractivity contribution in [1.29, 1.82) is 0 Å². The lowest BCUT2D eigenvalue weighted by atomic mass is 10.1. The minimum absolute atomic E-state index is 0.1000. The van der Waals surface area contributed by atoms with E-state index in [0.717, 1.165) is 19.3 Å². The van der Waals surface area contributed by atoms with Gasteiger partial charge < -0.3 is 5.32 Å². The normalized spacial score (nSPS) is 13.1. The fourth-order valence-corrected chi connectivity index (χ4v) is 2.67. The van der Waals surface area contributed by atoms with E-state index in [2.05, 4.69) is 5.32 Å². The maximum Gasteiger partial charge on any atom is 0.255 e. The summed E-state index contributed by atoms with van der Waals surface area (Å²) in [5, 5.41) is 2.94. The third kappa shape index (κ3) is 2.54. The minimum Gasteiger partial charge on any atom is -0.319 e. The summed E-state index contributed by atoms with van der Waals surface area (Å²) in [5.74, 6) is -0.815. The highest BCUT2D eigenvalue weighted by Gasteiger charge is 2.15. The maximum atomic E-state index is 13.6. The van der Waals surface area contributed by atoms with Crippen molar-refractivity contribution in [1.82, 2.24) is 0 Å². The Balaban J connectivity index is 1.84. The molecule has 3 rings (SSSR count). The van der Waals surface area contributed by atoms with Crippen LogP contribution in [0.1, 0.15) is 27.9 Å². The molecular weight excluding hydrogens is 277 g/mol. The van der Waals surface area contributed by atoms with E-state index in [1.807, 2.05) is 12.1 Å². The minimum atomic E-state index is -0.496. The van der Waals surface area contributed by atoms with Gasteiger partial charge in [-0.3, -0.25) is 4.79 Å². The number of rotatable bonds is 2. The van der Waals surface area contributed by atoms with Crippen molar-refractivity contribution in [2.75, 3.05) is 5.32 Å². The molecule has 1 N–H and O–H groups in total. The average molecular weight is 290 g/mol. The first-order chi connectivity index (χ1) is 9.63. The molecule has 2 nitrogen and oxygen atoms in total. The van der Waals surface area contributed by atoms with Crippen molar-refractivity contribution in [3.63, 3.8) is 0 Å². The molecule has 0 fully saturated rings. The second-order valence-corrected chi connectivity index (χ2v) is 5.35. The lowest BCUT2D eigenvalue weighted by molar-refractivity contribution is 0.102. The molecule has 0 unspecified atom stereocenters. The van der Waals surface area contributed by atoms with Gasteiger partial charge in [0.2, 0.25) is 0 Å². The van der Waals surface area contributed by atoms with Crippen LogP contribution in [0.2, 0.25) is 5.02 Å². The summed E-state index contributed by atoms with van der Waals surface area (Å²) >= 11 is 5.81. The number of hydrogen-bond acceptors (Lipinski definition) is 1. The fraction of sp³-hybridized carbons (Fsp3) is 0.188. The van der Waals surface area contributed by atoms with Gasteiger partial charge in [-0.1, -0.05) is 17.7 Å². The highest BCUT2D eigenvalue weighted by atomic mass is 35.5. The van der Waals surface area contributed by atoms with Crippen molar-refractivity contribution >= 4 is 23.2 Å². The van der Waals surface area contributed by atoms with E-state index >= 15 is 0 Å². The van der Waals surface area contributed by atoms with Crippen molar-refractivity contribution in [2.45, 2.75) is 19.3 Å². The fourth-order valence-electron chi connectivity index (χ4n) is 2.50. The third-order valence-electron chi connectivity index (χ3n) is 3.54. The predicted octanol–water partition coefficient (Wildman–Crippen LogP) is 4.22. The van der Waals surface area contributed by atoms with Crippen LogP contribution in [0.15, 0.2) is 36.4 Å². The van der Waals surface area contributed by atoms with Gasteiger partial charge in [0.1, 0.15) is 5.82 Å². The Bertz CT molecular complexity index is 684. The molecule has 102 valence electrons. The molecule has 0 aromatic heterocycles. The van der Waals surface area contributed by atoms with Crippen molar-refractivity contribution in [3.05, 3.63) is 63.9 Å². The van der Waals surface area contributed by atoms with E-state index in [1.165, 1.54) is 29.3 Å². The predicted molar refractivity (Wildman–Crippen MR) is 77.8 cm³/mol. The summed E-state index contributed by atoms with van der Waals surface area (Å²) < 4.78 is 13.6. The van der Waals surface area contributed by atoms with Gasteiger partial charge >= 0.3 is 0 Å². The number of carbonyl (C=O) groups is 1. The molecule has 0 saturated carbocycles. The van der Waals surface area contributed by atoms with Crippen molar-refractivity contribution in [2.24, 2.45) is 0 Å². The molecule has 0 bridgehead atoms. The molecule has 0 radical (unpaired) electrons. The van der Waals surface area contributed by atoms with Crippen LogP contribution in [-0.2, 0) is 12.8 Å². The first-order valence-electron chi connectivity index (χ1n) is 6.52. The molecule has 0 aliphatic heterocycles.